The number of benzene rings is 1. The Labute approximate surface area is 105 Å². The van der Waals surface area contributed by atoms with Gasteiger partial charge in [-0.25, -0.2) is 0 Å². The zero-order valence-corrected chi connectivity index (χ0v) is 11.1. The molecule has 0 heterocycles. The molecule has 0 aromatic heterocycles. The number of hydrogen-bond acceptors (Lipinski definition) is 2. The molecule has 0 bridgehead atoms. The van der Waals surface area contributed by atoms with E-state index in [1.165, 1.54) is 0 Å². The molecule has 0 aliphatic rings. The van der Waals surface area contributed by atoms with Crippen molar-refractivity contribution >= 4 is 12.4 Å². The molecular formula is C13H22ClNO. The van der Waals surface area contributed by atoms with E-state index in [-0.39, 0.29) is 18.4 Å². The van der Waals surface area contributed by atoms with E-state index in [9.17, 15) is 0 Å². The van der Waals surface area contributed by atoms with Gasteiger partial charge in [-0.1, -0.05) is 26.0 Å². The van der Waals surface area contributed by atoms with E-state index in [0.29, 0.717) is 12.5 Å². The Hall–Kier alpha value is -0.730. The highest BCUT2D eigenvalue weighted by atomic mass is 35.5. The first kappa shape index (κ1) is 15.3. The van der Waals surface area contributed by atoms with Crippen molar-refractivity contribution in [3.05, 3.63) is 29.8 Å². The molecule has 0 saturated carbocycles. The highest BCUT2D eigenvalue weighted by Crippen LogP contribution is 2.22. The molecule has 3 heteroatoms. The average molecular weight is 244 g/mol. The zero-order valence-electron chi connectivity index (χ0n) is 10.3. The molecule has 1 aromatic rings. The molecular weight excluding hydrogens is 222 g/mol. The fraction of sp³-hybridized carbons (Fsp3) is 0.538. The maximum Gasteiger partial charge on any atom is 0.119 e. The van der Waals surface area contributed by atoms with Crippen LogP contribution in [0.4, 0.5) is 0 Å². The van der Waals surface area contributed by atoms with Gasteiger partial charge in [0.05, 0.1) is 6.61 Å². The van der Waals surface area contributed by atoms with E-state index < -0.39 is 0 Å². The van der Waals surface area contributed by atoms with Crippen molar-refractivity contribution in [1.29, 1.82) is 0 Å². The number of halogens is 1. The first-order valence-corrected chi connectivity index (χ1v) is 5.61. The van der Waals surface area contributed by atoms with Crippen LogP contribution in [0.3, 0.4) is 0 Å². The minimum absolute atomic E-state index is 0. The Morgan fingerprint density at radius 1 is 1.31 bits per heavy atom. The maximum absolute atomic E-state index is 6.11. The molecule has 0 radical (unpaired) electrons. The third kappa shape index (κ3) is 4.86. The van der Waals surface area contributed by atoms with Crippen LogP contribution in [0.5, 0.6) is 5.75 Å². The molecule has 0 unspecified atom stereocenters. The van der Waals surface area contributed by atoms with Gasteiger partial charge in [-0.2, -0.15) is 0 Å². The third-order valence-corrected chi connectivity index (χ3v) is 2.32. The molecule has 0 aliphatic heterocycles. The Morgan fingerprint density at radius 2 is 2.00 bits per heavy atom. The highest BCUT2D eigenvalue weighted by Gasteiger charge is 2.08. The van der Waals surface area contributed by atoms with Crippen LogP contribution in [-0.2, 0) is 0 Å². The van der Waals surface area contributed by atoms with Crippen LogP contribution in [0.15, 0.2) is 24.3 Å². The molecule has 0 spiro atoms. The first-order chi connectivity index (χ1) is 7.13. The van der Waals surface area contributed by atoms with Crippen LogP contribution in [0.25, 0.3) is 0 Å². The largest absolute Gasteiger partial charge is 0.494 e. The molecule has 0 aliphatic carbocycles. The van der Waals surface area contributed by atoms with Crippen LogP contribution in [0.1, 0.15) is 38.8 Å². The SMILES string of the molecule is CCOc1cccc([C@@H](N)CC(C)C)c1.Cl. The van der Waals surface area contributed by atoms with Crippen molar-refractivity contribution < 1.29 is 4.74 Å². The minimum atomic E-state index is 0. The van der Waals surface area contributed by atoms with E-state index in [2.05, 4.69) is 19.9 Å². The van der Waals surface area contributed by atoms with Crippen molar-refractivity contribution in [3.63, 3.8) is 0 Å². The summed E-state index contributed by atoms with van der Waals surface area (Å²) in [6, 6.07) is 8.19. The fourth-order valence-electron chi connectivity index (χ4n) is 1.65. The van der Waals surface area contributed by atoms with E-state index in [1.54, 1.807) is 0 Å². The smallest absolute Gasteiger partial charge is 0.119 e. The second kappa shape index (κ2) is 7.53. The molecule has 16 heavy (non-hydrogen) atoms. The van der Waals surface area contributed by atoms with Gasteiger partial charge in [-0.15, -0.1) is 12.4 Å². The van der Waals surface area contributed by atoms with Crippen LogP contribution in [0.2, 0.25) is 0 Å². The predicted molar refractivity (Wildman–Crippen MR) is 71.2 cm³/mol. The third-order valence-electron chi connectivity index (χ3n) is 2.32. The van der Waals surface area contributed by atoms with E-state index >= 15 is 0 Å². The van der Waals surface area contributed by atoms with Crippen LogP contribution in [-0.4, -0.2) is 6.61 Å². The van der Waals surface area contributed by atoms with Crippen LogP contribution in [0, 0.1) is 5.92 Å². The summed E-state index contributed by atoms with van der Waals surface area (Å²) < 4.78 is 5.45. The van der Waals surface area contributed by atoms with Gasteiger partial charge in [0.25, 0.3) is 0 Å². The van der Waals surface area contributed by atoms with Gasteiger partial charge in [0, 0.05) is 6.04 Å². The summed E-state index contributed by atoms with van der Waals surface area (Å²) in [5.74, 6) is 1.53. The highest BCUT2D eigenvalue weighted by molar-refractivity contribution is 5.85. The van der Waals surface area contributed by atoms with Crippen LogP contribution >= 0.6 is 12.4 Å². The zero-order chi connectivity index (χ0) is 11.3. The Morgan fingerprint density at radius 3 is 2.56 bits per heavy atom. The lowest BCUT2D eigenvalue weighted by molar-refractivity contribution is 0.339. The molecule has 0 saturated heterocycles. The minimum Gasteiger partial charge on any atom is -0.494 e. The van der Waals surface area contributed by atoms with E-state index in [1.807, 2.05) is 25.1 Å². The molecule has 1 atom stereocenters. The first-order valence-electron chi connectivity index (χ1n) is 5.61. The average Bonchev–Trinajstić information content (AvgIpc) is 2.17. The molecule has 2 N–H and O–H groups in total. The van der Waals surface area contributed by atoms with Crippen molar-refractivity contribution in [2.45, 2.75) is 33.2 Å². The van der Waals surface area contributed by atoms with Gasteiger partial charge in [0.15, 0.2) is 0 Å². The van der Waals surface area contributed by atoms with Crippen LogP contribution < -0.4 is 10.5 Å². The lowest BCUT2D eigenvalue weighted by atomic mass is 9.98. The van der Waals surface area contributed by atoms with Crippen molar-refractivity contribution in [2.75, 3.05) is 6.61 Å². The van der Waals surface area contributed by atoms with E-state index in [4.69, 9.17) is 10.5 Å². The summed E-state index contributed by atoms with van der Waals surface area (Å²) >= 11 is 0. The van der Waals surface area contributed by atoms with E-state index in [0.717, 1.165) is 17.7 Å². The summed E-state index contributed by atoms with van der Waals surface area (Å²) in [7, 11) is 0. The second-order valence-electron chi connectivity index (χ2n) is 4.24. The number of nitrogens with two attached hydrogens (primary N) is 1. The number of rotatable bonds is 5. The second-order valence-corrected chi connectivity index (χ2v) is 4.24. The van der Waals surface area contributed by atoms with Crippen molar-refractivity contribution in [2.24, 2.45) is 11.7 Å². The van der Waals surface area contributed by atoms with Gasteiger partial charge < -0.3 is 10.5 Å². The van der Waals surface area contributed by atoms with Crippen molar-refractivity contribution in [1.82, 2.24) is 0 Å². The lowest BCUT2D eigenvalue weighted by Crippen LogP contribution is -2.12. The van der Waals surface area contributed by atoms with Gasteiger partial charge in [0.1, 0.15) is 5.75 Å². The number of hydrogen-bond donors (Lipinski definition) is 1. The molecule has 0 fully saturated rings. The van der Waals surface area contributed by atoms with Gasteiger partial charge in [-0.05, 0) is 37.0 Å². The summed E-state index contributed by atoms with van der Waals surface area (Å²) in [6.45, 7) is 7.06. The standard InChI is InChI=1S/C13H21NO.ClH/c1-4-15-12-7-5-6-11(9-12)13(14)8-10(2)3;/h5-7,9-10,13H,4,8,14H2,1-3H3;1H/t13-;/m0./s1. The summed E-state index contributed by atoms with van der Waals surface area (Å²) in [5.41, 5.74) is 7.27. The molecule has 1 rings (SSSR count). The van der Waals surface area contributed by atoms with Crippen molar-refractivity contribution in [3.8, 4) is 5.75 Å². The predicted octanol–water partition coefficient (Wildman–Crippen LogP) is 3.55. The molecule has 0 amide bonds. The molecule has 1 aromatic carbocycles. The van der Waals surface area contributed by atoms with Gasteiger partial charge in [-0.3, -0.25) is 0 Å². The van der Waals surface area contributed by atoms with Gasteiger partial charge >= 0.3 is 0 Å². The number of ether oxygens (including phenoxy) is 1. The summed E-state index contributed by atoms with van der Waals surface area (Å²) in [5, 5.41) is 0. The topological polar surface area (TPSA) is 35.2 Å². The monoisotopic (exact) mass is 243 g/mol. The quantitative estimate of drug-likeness (QED) is 0.859. The maximum atomic E-state index is 6.11. The fourth-order valence-corrected chi connectivity index (χ4v) is 1.65. The normalized spacial score (nSPS) is 12.1. The Bertz CT molecular complexity index is 302. The lowest BCUT2D eigenvalue weighted by Gasteiger charge is -2.15. The molecule has 2 nitrogen and oxygen atoms in total. The summed E-state index contributed by atoms with van der Waals surface area (Å²) in [6.07, 6.45) is 1.01. The molecule has 92 valence electrons. The van der Waals surface area contributed by atoms with Gasteiger partial charge in [0.2, 0.25) is 0 Å². The Kier molecular flexibility index (Phi) is 7.18. The Balaban J connectivity index is 0.00000225. The summed E-state index contributed by atoms with van der Waals surface area (Å²) in [4.78, 5) is 0.